The molecule has 1 aromatic rings. The molecule has 0 unspecified atom stereocenters. The average molecular weight is 179 g/mol. The lowest BCUT2D eigenvalue weighted by Gasteiger charge is -2.02. The maximum Gasteiger partial charge on any atom is 0.256 e. The molecule has 0 aromatic carbocycles. The summed E-state index contributed by atoms with van der Waals surface area (Å²) in [6, 6.07) is 1.89. The number of rotatable bonds is 2. The third-order valence-corrected chi connectivity index (χ3v) is 1.61. The van der Waals surface area contributed by atoms with E-state index in [-0.39, 0.29) is 17.9 Å². The van der Waals surface area contributed by atoms with Gasteiger partial charge in [-0.2, -0.15) is 5.26 Å². The van der Waals surface area contributed by atoms with Gasteiger partial charge in [0.25, 0.3) is 5.56 Å². The van der Waals surface area contributed by atoms with Crippen molar-refractivity contribution in [3.8, 4) is 6.07 Å². The average Bonchev–Trinajstić information content (AvgIpc) is 2.11. The lowest BCUT2D eigenvalue weighted by atomic mass is 10.2. The van der Waals surface area contributed by atoms with Crippen LogP contribution >= 0.6 is 0 Å². The van der Waals surface area contributed by atoms with Crippen LogP contribution in [-0.2, 0) is 6.42 Å². The summed E-state index contributed by atoms with van der Waals surface area (Å²) < 4.78 is 0. The molecule has 0 fully saturated rings. The SMILES string of the molecule is Cc1nc(NN)[nH]c(=O)c1CC#N. The number of H-pyrrole nitrogens is 1. The molecular formula is C7H9N5O. The van der Waals surface area contributed by atoms with E-state index >= 15 is 0 Å². The number of hydrogen-bond donors (Lipinski definition) is 3. The molecule has 0 radical (unpaired) electrons. The van der Waals surface area contributed by atoms with E-state index in [2.05, 4.69) is 15.4 Å². The Labute approximate surface area is 74.4 Å². The molecular weight excluding hydrogens is 170 g/mol. The Morgan fingerprint density at radius 3 is 2.92 bits per heavy atom. The van der Waals surface area contributed by atoms with Gasteiger partial charge in [0.05, 0.1) is 23.7 Å². The van der Waals surface area contributed by atoms with Gasteiger partial charge in [0.2, 0.25) is 5.95 Å². The van der Waals surface area contributed by atoms with E-state index in [9.17, 15) is 4.79 Å². The van der Waals surface area contributed by atoms with Crippen LogP contribution in [0.15, 0.2) is 4.79 Å². The Hall–Kier alpha value is -1.87. The predicted molar refractivity (Wildman–Crippen MR) is 46.7 cm³/mol. The number of aryl methyl sites for hydroxylation is 1. The second-order valence-electron chi connectivity index (χ2n) is 2.46. The quantitative estimate of drug-likeness (QED) is 0.416. The zero-order valence-corrected chi connectivity index (χ0v) is 7.09. The van der Waals surface area contributed by atoms with Crippen molar-refractivity contribution >= 4 is 5.95 Å². The van der Waals surface area contributed by atoms with Gasteiger partial charge in [-0.1, -0.05) is 0 Å². The molecule has 0 saturated carbocycles. The molecule has 0 atom stereocenters. The third-order valence-electron chi connectivity index (χ3n) is 1.61. The summed E-state index contributed by atoms with van der Waals surface area (Å²) in [5.41, 5.74) is 2.79. The molecule has 0 spiro atoms. The summed E-state index contributed by atoms with van der Waals surface area (Å²) in [5, 5.41) is 8.42. The first-order valence-electron chi connectivity index (χ1n) is 3.62. The van der Waals surface area contributed by atoms with Crippen LogP contribution < -0.4 is 16.8 Å². The monoisotopic (exact) mass is 179 g/mol. The molecule has 13 heavy (non-hydrogen) atoms. The number of aromatic nitrogens is 2. The molecule has 0 aliphatic heterocycles. The third kappa shape index (κ3) is 1.83. The molecule has 1 aromatic heterocycles. The minimum absolute atomic E-state index is 0.0546. The van der Waals surface area contributed by atoms with Gasteiger partial charge in [-0.25, -0.2) is 10.8 Å². The van der Waals surface area contributed by atoms with E-state index < -0.39 is 0 Å². The molecule has 0 amide bonds. The second kappa shape index (κ2) is 3.69. The normalized spacial score (nSPS) is 9.31. The summed E-state index contributed by atoms with van der Waals surface area (Å²) in [6.07, 6.45) is 0.0546. The number of nitrogens with zero attached hydrogens (tertiary/aromatic N) is 2. The van der Waals surface area contributed by atoms with E-state index in [0.717, 1.165) is 0 Å². The Balaban J connectivity index is 3.25. The summed E-state index contributed by atoms with van der Waals surface area (Å²) in [4.78, 5) is 17.6. The lowest BCUT2D eigenvalue weighted by Crippen LogP contribution is -2.21. The zero-order chi connectivity index (χ0) is 9.84. The lowest BCUT2D eigenvalue weighted by molar-refractivity contribution is 0.985. The first-order valence-corrected chi connectivity index (χ1v) is 3.62. The van der Waals surface area contributed by atoms with Crippen molar-refractivity contribution in [2.45, 2.75) is 13.3 Å². The highest BCUT2D eigenvalue weighted by atomic mass is 16.1. The number of hydrogen-bond acceptors (Lipinski definition) is 5. The molecule has 4 N–H and O–H groups in total. The van der Waals surface area contributed by atoms with E-state index in [0.29, 0.717) is 11.3 Å². The number of nitriles is 1. The largest absolute Gasteiger partial charge is 0.294 e. The van der Waals surface area contributed by atoms with Crippen LogP contribution in [0.5, 0.6) is 0 Å². The fourth-order valence-electron chi connectivity index (χ4n) is 0.966. The number of nitrogens with two attached hydrogens (primary N) is 1. The second-order valence-corrected chi connectivity index (χ2v) is 2.46. The molecule has 0 aliphatic carbocycles. The highest BCUT2D eigenvalue weighted by molar-refractivity contribution is 5.28. The number of aromatic amines is 1. The molecule has 1 rings (SSSR count). The molecule has 6 nitrogen and oxygen atoms in total. The first kappa shape index (κ1) is 9.22. The van der Waals surface area contributed by atoms with Gasteiger partial charge in [0.15, 0.2) is 0 Å². The summed E-state index contributed by atoms with van der Waals surface area (Å²) in [6.45, 7) is 1.66. The molecule has 0 saturated heterocycles. The van der Waals surface area contributed by atoms with Crippen molar-refractivity contribution in [2.24, 2.45) is 5.84 Å². The van der Waals surface area contributed by atoms with Crippen LogP contribution in [-0.4, -0.2) is 9.97 Å². The Kier molecular flexibility index (Phi) is 2.62. The first-order chi connectivity index (χ1) is 6.19. The smallest absolute Gasteiger partial charge is 0.256 e. The molecule has 6 heteroatoms. The van der Waals surface area contributed by atoms with Gasteiger partial charge in [-0.15, -0.1) is 0 Å². The number of hydrazine groups is 1. The molecule has 68 valence electrons. The topological polar surface area (TPSA) is 108 Å². The maximum atomic E-state index is 11.3. The van der Waals surface area contributed by atoms with E-state index in [4.69, 9.17) is 11.1 Å². The molecule has 0 aliphatic rings. The van der Waals surface area contributed by atoms with E-state index in [1.807, 2.05) is 6.07 Å². The molecule has 1 heterocycles. The predicted octanol–water partition coefficient (Wildman–Crippen LogP) is -0.570. The highest BCUT2D eigenvalue weighted by Crippen LogP contribution is 2.01. The van der Waals surface area contributed by atoms with Gasteiger partial charge >= 0.3 is 0 Å². The van der Waals surface area contributed by atoms with Crippen molar-refractivity contribution in [1.82, 2.24) is 9.97 Å². The summed E-state index contributed by atoms with van der Waals surface area (Å²) in [5.74, 6) is 5.26. The Bertz CT molecular complexity index is 402. The minimum atomic E-state index is -0.331. The van der Waals surface area contributed by atoms with Crippen molar-refractivity contribution in [2.75, 3.05) is 5.43 Å². The fourth-order valence-corrected chi connectivity index (χ4v) is 0.966. The number of nitrogen functional groups attached to an aromatic ring is 1. The number of nitrogens with one attached hydrogen (secondary N) is 2. The standard InChI is InChI=1S/C7H9N5O/c1-4-5(2-3-8)6(13)11-7(10-4)12-9/h2,9H2,1H3,(H2,10,11,12,13). The zero-order valence-electron chi connectivity index (χ0n) is 7.09. The van der Waals surface area contributed by atoms with Crippen LogP contribution in [0.25, 0.3) is 0 Å². The van der Waals surface area contributed by atoms with Crippen molar-refractivity contribution in [1.29, 1.82) is 5.26 Å². The van der Waals surface area contributed by atoms with Crippen molar-refractivity contribution < 1.29 is 0 Å². The van der Waals surface area contributed by atoms with Gasteiger partial charge in [-0.3, -0.25) is 15.2 Å². The van der Waals surface area contributed by atoms with Crippen LogP contribution in [0.1, 0.15) is 11.3 Å². The Morgan fingerprint density at radius 1 is 1.77 bits per heavy atom. The van der Waals surface area contributed by atoms with Gasteiger partial charge < -0.3 is 0 Å². The van der Waals surface area contributed by atoms with Crippen LogP contribution in [0, 0.1) is 18.3 Å². The van der Waals surface area contributed by atoms with Gasteiger partial charge in [-0.05, 0) is 6.92 Å². The van der Waals surface area contributed by atoms with Crippen LogP contribution in [0.2, 0.25) is 0 Å². The summed E-state index contributed by atoms with van der Waals surface area (Å²) in [7, 11) is 0. The van der Waals surface area contributed by atoms with E-state index in [1.165, 1.54) is 0 Å². The summed E-state index contributed by atoms with van der Waals surface area (Å²) >= 11 is 0. The number of anilines is 1. The van der Waals surface area contributed by atoms with Crippen LogP contribution in [0.3, 0.4) is 0 Å². The molecule has 0 bridgehead atoms. The fraction of sp³-hybridized carbons (Fsp3) is 0.286. The maximum absolute atomic E-state index is 11.3. The minimum Gasteiger partial charge on any atom is -0.294 e. The van der Waals surface area contributed by atoms with Crippen molar-refractivity contribution in [3.05, 3.63) is 21.6 Å². The van der Waals surface area contributed by atoms with Gasteiger partial charge in [0, 0.05) is 0 Å². The Morgan fingerprint density at radius 2 is 2.46 bits per heavy atom. The van der Waals surface area contributed by atoms with Crippen LogP contribution in [0.4, 0.5) is 5.95 Å². The van der Waals surface area contributed by atoms with Crippen molar-refractivity contribution in [3.63, 3.8) is 0 Å². The van der Waals surface area contributed by atoms with E-state index in [1.54, 1.807) is 6.92 Å². The van der Waals surface area contributed by atoms with Gasteiger partial charge in [0.1, 0.15) is 0 Å². The highest BCUT2D eigenvalue weighted by Gasteiger charge is 2.06.